The monoisotopic (exact) mass is 476 g/mol. The molecule has 3 rings (SSSR count). The van der Waals surface area contributed by atoms with Crippen molar-refractivity contribution in [1.82, 2.24) is 0 Å². The van der Waals surface area contributed by atoms with E-state index < -0.39 is 11.8 Å². The standard InChI is InChI=1S/C27H28N2O6/c1-5-35-24-16-10-11-18(25(24)34-4)17-19(26(30)28-20-12-6-8-14-22(20)32-2)27(31)29-21-13-7-9-15-23(21)33-3/h6-17H,5H2,1-4H3,(H,28,30)(H,29,31). The van der Waals surface area contributed by atoms with E-state index in [4.69, 9.17) is 18.9 Å². The van der Waals surface area contributed by atoms with Gasteiger partial charge in [0.2, 0.25) is 0 Å². The maximum atomic E-state index is 13.4. The number of carbonyl (C=O) groups excluding carboxylic acids is 2. The summed E-state index contributed by atoms with van der Waals surface area (Å²) in [5, 5.41) is 5.52. The normalized spacial score (nSPS) is 10.1. The molecule has 0 fully saturated rings. The van der Waals surface area contributed by atoms with E-state index in [9.17, 15) is 9.59 Å². The van der Waals surface area contributed by atoms with Crippen molar-refractivity contribution in [2.24, 2.45) is 0 Å². The second-order valence-corrected chi connectivity index (χ2v) is 7.18. The average Bonchev–Trinajstić information content (AvgIpc) is 2.88. The lowest BCUT2D eigenvalue weighted by atomic mass is 10.1. The lowest BCUT2D eigenvalue weighted by Gasteiger charge is -2.15. The summed E-state index contributed by atoms with van der Waals surface area (Å²) >= 11 is 0. The Kier molecular flexibility index (Phi) is 8.72. The number of carbonyl (C=O) groups is 2. The number of para-hydroxylation sites is 5. The molecule has 0 spiro atoms. The predicted octanol–water partition coefficient (Wildman–Crippen LogP) is 4.77. The first-order valence-electron chi connectivity index (χ1n) is 10.9. The molecule has 35 heavy (non-hydrogen) atoms. The van der Waals surface area contributed by atoms with E-state index >= 15 is 0 Å². The molecule has 0 aromatic heterocycles. The second kappa shape index (κ2) is 12.1. The largest absolute Gasteiger partial charge is 0.495 e. The Bertz CT molecular complexity index is 1160. The fourth-order valence-corrected chi connectivity index (χ4v) is 3.40. The minimum atomic E-state index is -0.634. The van der Waals surface area contributed by atoms with Crippen molar-refractivity contribution >= 4 is 29.3 Å². The number of benzene rings is 3. The summed E-state index contributed by atoms with van der Waals surface area (Å²) in [6.45, 7) is 2.29. The molecule has 0 aliphatic rings. The molecule has 0 radical (unpaired) electrons. The highest BCUT2D eigenvalue weighted by atomic mass is 16.5. The maximum absolute atomic E-state index is 13.4. The molecule has 0 aliphatic carbocycles. The Morgan fingerprint density at radius 2 is 1.23 bits per heavy atom. The van der Waals surface area contributed by atoms with Crippen LogP contribution >= 0.6 is 0 Å². The quantitative estimate of drug-likeness (QED) is 0.249. The molecule has 0 unspecified atom stereocenters. The molecule has 8 heteroatoms. The summed E-state index contributed by atoms with van der Waals surface area (Å²) in [4.78, 5) is 26.8. The summed E-state index contributed by atoms with van der Waals surface area (Å²) < 4.78 is 21.8. The van der Waals surface area contributed by atoms with Crippen molar-refractivity contribution in [1.29, 1.82) is 0 Å². The van der Waals surface area contributed by atoms with Crippen LogP contribution in [0.5, 0.6) is 23.0 Å². The van der Waals surface area contributed by atoms with E-state index in [1.807, 2.05) is 6.92 Å². The zero-order chi connectivity index (χ0) is 25.2. The SMILES string of the molecule is CCOc1cccc(C=C(C(=O)Nc2ccccc2OC)C(=O)Nc2ccccc2OC)c1OC. The van der Waals surface area contributed by atoms with Gasteiger partial charge in [-0.25, -0.2) is 0 Å². The third-order valence-corrected chi connectivity index (χ3v) is 5.01. The van der Waals surface area contributed by atoms with Crippen LogP contribution in [-0.4, -0.2) is 39.8 Å². The van der Waals surface area contributed by atoms with Gasteiger partial charge in [-0.3, -0.25) is 9.59 Å². The fourth-order valence-electron chi connectivity index (χ4n) is 3.40. The van der Waals surface area contributed by atoms with E-state index in [-0.39, 0.29) is 5.57 Å². The van der Waals surface area contributed by atoms with Gasteiger partial charge in [0.1, 0.15) is 17.1 Å². The summed E-state index contributed by atoms with van der Waals surface area (Å²) in [5.74, 6) is 0.555. The zero-order valence-electron chi connectivity index (χ0n) is 20.1. The highest BCUT2D eigenvalue weighted by Gasteiger charge is 2.22. The smallest absolute Gasteiger partial charge is 0.261 e. The number of hydrogen-bond acceptors (Lipinski definition) is 6. The van der Waals surface area contributed by atoms with Crippen LogP contribution in [0.2, 0.25) is 0 Å². The van der Waals surface area contributed by atoms with Crippen LogP contribution in [0.3, 0.4) is 0 Å². The highest BCUT2D eigenvalue weighted by molar-refractivity contribution is 6.29. The molecular formula is C27H28N2O6. The molecule has 3 aromatic rings. The lowest BCUT2D eigenvalue weighted by molar-refractivity contribution is -0.118. The highest BCUT2D eigenvalue weighted by Crippen LogP contribution is 2.33. The second-order valence-electron chi connectivity index (χ2n) is 7.18. The number of nitrogens with one attached hydrogen (secondary N) is 2. The van der Waals surface area contributed by atoms with Gasteiger partial charge in [-0.2, -0.15) is 0 Å². The van der Waals surface area contributed by atoms with Crippen LogP contribution in [0.4, 0.5) is 11.4 Å². The van der Waals surface area contributed by atoms with E-state index in [1.54, 1.807) is 66.7 Å². The van der Waals surface area contributed by atoms with Crippen molar-refractivity contribution in [2.75, 3.05) is 38.6 Å². The number of ether oxygens (including phenoxy) is 4. The van der Waals surface area contributed by atoms with Gasteiger partial charge < -0.3 is 29.6 Å². The Morgan fingerprint density at radius 1 is 0.714 bits per heavy atom. The number of methoxy groups -OCH3 is 3. The molecule has 0 saturated carbocycles. The third kappa shape index (κ3) is 6.11. The van der Waals surface area contributed by atoms with Crippen LogP contribution in [0, 0.1) is 0 Å². The molecule has 2 N–H and O–H groups in total. The van der Waals surface area contributed by atoms with Gasteiger partial charge in [-0.15, -0.1) is 0 Å². The molecule has 0 heterocycles. The molecular weight excluding hydrogens is 448 g/mol. The minimum absolute atomic E-state index is 0.159. The van der Waals surface area contributed by atoms with Gasteiger partial charge in [0.15, 0.2) is 11.5 Å². The number of rotatable bonds is 10. The molecule has 0 aliphatic heterocycles. The minimum Gasteiger partial charge on any atom is -0.495 e. The molecule has 182 valence electrons. The van der Waals surface area contributed by atoms with E-state index in [1.165, 1.54) is 27.4 Å². The molecule has 3 aromatic carbocycles. The fraction of sp³-hybridized carbons (Fsp3) is 0.185. The first kappa shape index (κ1) is 25.2. The molecule has 0 saturated heterocycles. The molecule has 0 bridgehead atoms. The van der Waals surface area contributed by atoms with Crippen LogP contribution in [0.25, 0.3) is 6.08 Å². The summed E-state index contributed by atoms with van der Waals surface area (Å²) in [6, 6.07) is 19.1. The van der Waals surface area contributed by atoms with Crippen molar-refractivity contribution in [2.45, 2.75) is 6.92 Å². The van der Waals surface area contributed by atoms with Crippen molar-refractivity contribution < 1.29 is 28.5 Å². The van der Waals surface area contributed by atoms with Crippen molar-refractivity contribution in [3.8, 4) is 23.0 Å². The van der Waals surface area contributed by atoms with Crippen molar-refractivity contribution in [3.63, 3.8) is 0 Å². The van der Waals surface area contributed by atoms with Crippen molar-refractivity contribution in [3.05, 3.63) is 77.9 Å². The van der Waals surface area contributed by atoms with E-state index in [0.717, 1.165) is 0 Å². The number of anilines is 2. The summed E-state index contributed by atoms with van der Waals surface area (Å²) in [6.07, 6.45) is 1.46. The maximum Gasteiger partial charge on any atom is 0.261 e. The first-order valence-corrected chi connectivity index (χ1v) is 10.9. The zero-order valence-corrected chi connectivity index (χ0v) is 20.1. The van der Waals surface area contributed by atoms with Crippen LogP contribution in [0.1, 0.15) is 12.5 Å². The first-order chi connectivity index (χ1) is 17.0. The Balaban J connectivity index is 2.05. The Labute approximate surface area is 204 Å². The van der Waals surface area contributed by atoms with E-state index in [2.05, 4.69) is 10.6 Å². The topological polar surface area (TPSA) is 95.1 Å². The van der Waals surface area contributed by atoms with E-state index in [0.29, 0.717) is 46.5 Å². The van der Waals surface area contributed by atoms with Gasteiger partial charge in [-0.1, -0.05) is 36.4 Å². The summed E-state index contributed by atoms with van der Waals surface area (Å²) in [5.41, 5.74) is 1.18. The Hall–Kier alpha value is -4.46. The molecule has 2 amide bonds. The molecule has 8 nitrogen and oxygen atoms in total. The summed E-state index contributed by atoms with van der Waals surface area (Å²) in [7, 11) is 4.50. The number of hydrogen-bond donors (Lipinski definition) is 2. The van der Waals surface area contributed by atoms with Crippen LogP contribution in [0.15, 0.2) is 72.3 Å². The van der Waals surface area contributed by atoms with Gasteiger partial charge in [0, 0.05) is 5.56 Å². The predicted molar refractivity (Wildman–Crippen MR) is 135 cm³/mol. The van der Waals surface area contributed by atoms with Gasteiger partial charge in [0.25, 0.3) is 11.8 Å². The van der Waals surface area contributed by atoms with Crippen LogP contribution in [-0.2, 0) is 9.59 Å². The number of amides is 2. The molecule has 0 atom stereocenters. The third-order valence-electron chi connectivity index (χ3n) is 5.01. The van der Waals surface area contributed by atoms with Gasteiger partial charge >= 0.3 is 0 Å². The average molecular weight is 477 g/mol. The Morgan fingerprint density at radius 3 is 1.71 bits per heavy atom. The van der Waals surface area contributed by atoms with Gasteiger partial charge in [-0.05, 0) is 43.3 Å². The van der Waals surface area contributed by atoms with Gasteiger partial charge in [0.05, 0.1) is 39.3 Å². The lowest BCUT2D eigenvalue weighted by Crippen LogP contribution is -2.25. The van der Waals surface area contributed by atoms with Crippen LogP contribution < -0.4 is 29.6 Å².